The molecule has 2 rings (SSSR count). The van der Waals surface area contributed by atoms with Crippen LogP contribution in [0.4, 0.5) is 0 Å². The van der Waals surface area contributed by atoms with E-state index in [-0.39, 0.29) is 5.91 Å². The molecule has 0 spiro atoms. The molecule has 1 amide bonds. The standard InChI is InChI=1S/C20H33N3O3S/c1-4-23(5-2)27(25,26)19-13-11-17(12-14-19)15-21-20(24)16-22(3)18-9-7-6-8-10-18/h11-14,18H,4-10,15-16H2,1-3H3,(H,21,24). The van der Waals surface area contributed by atoms with Crippen LogP contribution in [0.15, 0.2) is 29.2 Å². The van der Waals surface area contributed by atoms with Gasteiger partial charge in [-0.3, -0.25) is 9.69 Å². The van der Waals surface area contributed by atoms with E-state index in [1.165, 1.54) is 36.4 Å². The number of amides is 1. The van der Waals surface area contributed by atoms with E-state index >= 15 is 0 Å². The second-order valence-electron chi connectivity index (χ2n) is 7.22. The Morgan fingerprint density at radius 2 is 1.67 bits per heavy atom. The second kappa shape index (κ2) is 10.2. The third-order valence-electron chi connectivity index (χ3n) is 5.35. The summed E-state index contributed by atoms with van der Waals surface area (Å²) < 4.78 is 26.4. The molecule has 152 valence electrons. The molecule has 0 heterocycles. The molecule has 0 saturated heterocycles. The minimum absolute atomic E-state index is 0.00270. The van der Waals surface area contributed by atoms with E-state index in [0.29, 0.717) is 37.1 Å². The molecular formula is C20H33N3O3S. The van der Waals surface area contributed by atoms with Crippen molar-refractivity contribution in [3.8, 4) is 0 Å². The largest absolute Gasteiger partial charge is 0.351 e. The fourth-order valence-corrected chi connectivity index (χ4v) is 5.08. The van der Waals surface area contributed by atoms with Crippen molar-refractivity contribution in [2.45, 2.75) is 63.4 Å². The number of hydrogen-bond donors (Lipinski definition) is 1. The lowest BCUT2D eigenvalue weighted by Crippen LogP contribution is -2.41. The van der Waals surface area contributed by atoms with Crippen LogP contribution in [0.2, 0.25) is 0 Å². The van der Waals surface area contributed by atoms with Gasteiger partial charge in [0.15, 0.2) is 0 Å². The zero-order valence-electron chi connectivity index (χ0n) is 16.8. The number of likely N-dealkylation sites (N-methyl/N-ethyl adjacent to an activating group) is 1. The molecule has 27 heavy (non-hydrogen) atoms. The molecule has 0 atom stereocenters. The molecule has 0 aliphatic heterocycles. The highest BCUT2D eigenvalue weighted by Gasteiger charge is 2.21. The van der Waals surface area contributed by atoms with Gasteiger partial charge in [0.05, 0.1) is 11.4 Å². The van der Waals surface area contributed by atoms with E-state index in [4.69, 9.17) is 0 Å². The molecular weight excluding hydrogens is 362 g/mol. The molecule has 0 bridgehead atoms. The van der Waals surface area contributed by atoms with Crippen LogP contribution in [0.3, 0.4) is 0 Å². The van der Waals surface area contributed by atoms with Gasteiger partial charge in [-0.2, -0.15) is 4.31 Å². The lowest BCUT2D eigenvalue weighted by atomic mass is 9.94. The molecule has 1 saturated carbocycles. The minimum Gasteiger partial charge on any atom is -0.351 e. The maximum absolute atomic E-state index is 12.5. The van der Waals surface area contributed by atoms with Crippen molar-refractivity contribution in [3.05, 3.63) is 29.8 Å². The zero-order valence-corrected chi connectivity index (χ0v) is 17.6. The SMILES string of the molecule is CCN(CC)S(=O)(=O)c1ccc(CNC(=O)CN(C)C2CCCCC2)cc1. The molecule has 1 aromatic carbocycles. The fourth-order valence-electron chi connectivity index (χ4n) is 3.63. The van der Waals surface area contributed by atoms with Crippen LogP contribution in [0.1, 0.15) is 51.5 Å². The first kappa shape index (κ1) is 21.9. The van der Waals surface area contributed by atoms with Gasteiger partial charge in [0, 0.05) is 25.7 Å². The summed E-state index contributed by atoms with van der Waals surface area (Å²) in [5.41, 5.74) is 0.891. The maximum atomic E-state index is 12.5. The third kappa shape index (κ3) is 6.02. The van der Waals surface area contributed by atoms with Crippen LogP contribution in [0, 0.1) is 0 Å². The Balaban J connectivity index is 1.86. The van der Waals surface area contributed by atoms with Crippen molar-refractivity contribution in [1.29, 1.82) is 0 Å². The molecule has 1 N–H and O–H groups in total. The third-order valence-corrected chi connectivity index (χ3v) is 7.41. The predicted octanol–water partition coefficient (Wildman–Crippen LogP) is 2.60. The Morgan fingerprint density at radius 1 is 1.07 bits per heavy atom. The van der Waals surface area contributed by atoms with E-state index in [0.717, 1.165) is 5.56 Å². The van der Waals surface area contributed by atoms with E-state index in [9.17, 15) is 13.2 Å². The summed E-state index contributed by atoms with van der Waals surface area (Å²) in [5, 5.41) is 2.93. The first-order valence-electron chi connectivity index (χ1n) is 9.94. The summed E-state index contributed by atoms with van der Waals surface area (Å²) in [6.45, 7) is 5.36. The molecule has 0 aromatic heterocycles. The average Bonchev–Trinajstić information content (AvgIpc) is 2.68. The quantitative estimate of drug-likeness (QED) is 0.698. The molecule has 1 aliphatic carbocycles. The number of carbonyl (C=O) groups excluding carboxylic acids is 1. The van der Waals surface area contributed by atoms with Gasteiger partial charge >= 0.3 is 0 Å². The Labute approximate surface area is 164 Å². The topological polar surface area (TPSA) is 69.7 Å². The number of carbonyl (C=O) groups is 1. The number of nitrogens with one attached hydrogen (secondary N) is 1. The molecule has 1 aliphatic rings. The van der Waals surface area contributed by atoms with Gasteiger partial charge < -0.3 is 5.32 Å². The van der Waals surface area contributed by atoms with Crippen molar-refractivity contribution >= 4 is 15.9 Å². The number of sulfonamides is 1. The van der Waals surface area contributed by atoms with Gasteiger partial charge in [-0.25, -0.2) is 8.42 Å². The van der Waals surface area contributed by atoms with Gasteiger partial charge in [0.25, 0.3) is 0 Å². The van der Waals surface area contributed by atoms with Gasteiger partial charge in [-0.1, -0.05) is 45.2 Å². The molecule has 0 unspecified atom stereocenters. The van der Waals surface area contributed by atoms with Gasteiger partial charge in [0.2, 0.25) is 15.9 Å². The lowest BCUT2D eigenvalue weighted by Gasteiger charge is -2.30. The Bertz CT molecular complexity index is 694. The van der Waals surface area contributed by atoms with E-state index < -0.39 is 10.0 Å². The van der Waals surface area contributed by atoms with Crippen LogP contribution in [-0.2, 0) is 21.4 Å². The summed E-state index contributed by atoms with van der Waals surface area (Å²) in [5.74, 6) is 0.00270. The normalized spacial score (nSPS) is 16.0. The van der Waals surface area contributed by atoms with Crippen molar-refractivity contribution in [3.63, 3.8) is 0 Å². The van der Waals surface area contributed by atoms with Crippen LogP contribution in [-0.4, -0.2) is 56.3 Å². The molecule has 6 nitrogen and oxygen atoms in total. The Kier molecular flexibility index (Phi) is 8.26. The van der Waals surface area contributed by atoms with Crippen LogP contribution in [0.5, 0.6) is 0 Å². The lowest BCUT2D eigenvalue weighted by molar-refractivity contribution is -0.122. The Hall–Kier alpha value is -1.44. The van der Waals surface area contributed by atoms with Gasteiger partial charge in [0.1, 0.15) is 0 Å². The highest BCUT2D eigenvalue weighted by atomic mass is 32.2. The molecule has 1 aromatic rings. The first-order valence-corrected chi connectivity index (χ1v) is 11.4. The summed E-state index contributed by atoms with van der Waals surface area (Å²) in [6, 6.07) is 7.27. The number of benzene rings is 1. The number of nitrogens with zero attached hydrogens (tertiary/aromatic N) is 2. The van der Waals surface area contributed by atoms with E-state index in [2.05, 4.69) is 10.2 Å². The van der Waals surface area contributed by atoms with Crippen molar-refractivity contribution in [1.82, 2.24) is 14.5 Å². The first-order chi connectivity index (χ1) is 12.9. The van der Waals surface area contributed by atoms with Crippen LogP contribution >= 0.6 is 0 Å². The smallest absolute Gasteiger partial charge is 0.243 e. The predicted molar refractivity (Wildman–Crippen MR) is 108 cm³/mol. The summed E-state index contributed by atoms with van der Waals surface area (Å²) in [7, 11) is -1.42. The molecule has 1 fully saturated rings. The molecule has 7 heteroatoms. The maximum Gasteiger partial charge on any atom is 0.243 e. The minimum atomic E-state index is -3.44. The number of rotatable bonds is 9. The zero-order chi connectivity index (χ0) is 19.9. The molecule has 0 radical (unpaired) electrons. The summed E-state index contributed by atoms with van der Waals surface area (Å²) in [6.07, 6.45) is 6.15. The van der Waals surface area contributed by atoms with Gasteiger partial charge in [-0.15, -0.1) is 0 Å². The highest BCUT2D eigenvalue weighted by molar-refractivity contribution is 7.89. The van der Waals surface area contributed by atoms with E-state index in [1.54, 1.807) is 24.3 Å². The fraction of sp³-hybridized carbons (Fsp3) is 0.650. The highest BCUT2D eigenvalue weighted by Crippen LogP contribution is 2.21. The Morgan fingerprint density at radius 3 is 2.22 bits per heavy atom. The van der Waals surface area contributed by atoms with Crippen molar-refractivity contribution < 1.29 is 13.2 Å². The summed E-state index contributed by atoms with van der Waals surface area (Å²) in [4.78, 5) is 14.6. The summed E-state index contributed by atoms with van der Waals surface area (Å²) >= 11 is 0. The van der Waals surface area contributed by atoms with Gasteiger partial charge in [-0.05, 0) is 37.6 Å². The van der Waals surface area contributed by atoms with E-state index in [1.807, 2.05) is 20.9 Å². The average molecular weight is 396 g/mol. The van der Waals surface area contributed by atoms with Crippen LogP contribution in [0.25, 0.3) is 0 Å². The van der Waals surface area contributed by atoms with Crippen molar-refractivity contribution in [2.75, 3.05) is 26.7 Å². The second-order valence-corrected chi connectivity index (χ2v) is 9.15. The van der Waals surface area contributed by atoms with Crippen LogP contribution < -0.4 is 5.32 Å². The number of hydrogen-bond acceptors (Lipinski definition) is 4. The van der Waals surface area contributed by atoms with Crippen molar-refractivity contribution in [2.24, 2.45) is 0 Å². The monoisotopic (exact) mass is 395 g/mol.